The van der Waals surface area contributed by atoms with Crippen molar-refractivity contribution in [3.8, 4) is 5.82 Å². The second-order valence-electron chi connectivity index (χ2n) is 12.1. The smallest absolute Gasteiger partial charge is 0.178 e. The van der Waals surface area contributed by atoms with Crippen molar-refractivity contribution in [1.82, 2.24) is 14.9 Å². The predicted octanol–water partition coefficient (Wildman–Crippen LogP) is 10.2. The number of nitrogens with zero attached hydrogens (tertiary/aromatic N) is 4. The Morgan fingerprint density at radius 3 is 2.23 bits per heavy atom. The molecule has 6 heteroatoms. The number of rotatable bonds is 4. The maximum Gasteiger partial charge on any atom is 0.178 e. The van der Waals surface area contributed by atoms with Crippen molar-refractivity contribution < 1.29 is 0 Å². The highest BCUT2D eigenvalue weighted by atomic mass is 32.1. The van der Waals surface area contributed by atoms with E-state index in [1.54, 1.807) is 0 Å². The number of benzene rings is 6. The Morgan fingerprint density at radius 1 is 0.583 bits per heavy atom. The molecule has 6 aromatic carbocycles. The van der Waals surface area contributed by atoms with Crippen molar-refractivity contribution in [3.05, 3.63) is 168 Å². The SMILES string of the molecule is c1ccc(C2N=C(c3cccc(-n4c5ccccc5c5ccc6c7ccccc7sc6c54)n3)N=C(c3cccc4ccccc34)N2)cc1. The lowest BCUT2D eigenvalue weighted by Gasteiger charge is -2.24. The third kappa shape index (κ3) is 4.20. The fourth-order valence-electron chi connectivity index (χ4n) is 7.08. The first-order chi connectivity index (χ1) is 23.8. The Morgan fingerprint density at radius 2 is 1.31 bits per heavy atom. The van der Waals surface area contributed by atoms with Gasteiger partial charge >= 0.3 is 0 Å². The molecule has 1 aliphatic heterocycles. The van der Waals surface area contributed by atoms with E-state index in [-0.39, 0.29) is 6.17 Å². The number of aromatic nitrogens is 2. The number of pyridine rings is 1. The van der Waals surface area contributed by atoms with Crippen molar-refractivity contribution >= 4 is 75.8 Å². The molecule has 1 aliphatic rings. The number of nitrogens with one attached hydrogen (secondary N) is 1. The molecule has 4 heterocycles. The standard InChI is InChI=1S/C42H27N5S/c1-2-13-27(14-3-1)40-44-41(33-19-10-15-26-12-4-5-16-28(26)33)46-42(45-40)34-20-11-23-37(43-34)47-35-21-8-6-17-29(35)31-24-25-32-30-18-7-9-22-36(30)48-39(32)38(31)47/h1-25,40H,(H,44,45,46). The number of hydrogen-bond donors (Lipinski definition) is 1. The van der Waals surface area contributed by atoms with Crippen LogP contribution < -0.4 is 5.32 Å². The maximum absolute atomic E-state index is 5.32. The van der Waals surface area contributed by atoms with E-state index in [4.69, 9.17) is 15.0 Å². The van der Waals surface area contributed by atoms with Gasteiger partial charge in [-0.25, -0.2) is 15.0 Å². The first-order valence-corrected chi connectivity index (χ1v) is 16.9. The molecule has 0 radical (unpaired) electrons. The average molecular weight is 634 g/mol. The van der Waals surface area contributed by atoms with Crippen LogP contribution in [0.5, 0.6) is 0 Å². The Labute approximate surface area is 280 Å². The molecule has 0 bridgehead atoms. The van der Waals surface area contributed by atoms with Crippen molar-refractivity contribution in [3.63, 3.8) is 0 Å². The van der Waals surface area contributed by atoms with Gasteiger partial charge in [0, 0.05) is 31.8 Å². The molecule has 1 unspecified atom stereocenters. The second kappa shape index (κ2) is 10.7. The molecule has 48 heavy (non-hydrogen) atoms. The quantitative estimate of drug-likeness (QED) is 0.210. The average Bonchev–Trinajstić information content (AvgIpc) is 3.71. The van der Waals surface area contributed by atoms with E-state index in [1.165, 1.54) is 41.8 Å². The molecule has 0 saturated carbocycles. The van der Waals surface area contributed by atoms with E-state index >= 15 is 0 Å². The first kappa shape index (κ1) is 27.0. The van der Waals surface area contributed by atoms with Crippen LogP contribution >= 0.6 is 11.3 Å². The fraction of sp³-hybridized carbons (Fsp3) is 0.0238. The van der Waals surface area contributed by atoms with Crippen LogP contribution in [0.4, 0.5) is 0 Å². The molecule has 3 aromatic heterocycles. The zero-order valence-electron chi connectivity index (χ0n) is 25.7. The summed E-state index contributed by atoms with van der Waals surface area (Å²) in [5.41, 5.74) is 5.12. The van der Waals surface area contributed by atoms with E-state index in [9.17, 15) is 0 Å². The fourth-order valence-corrected chi connectivity index (χ4v) is 8.32. The highest BCUT2D eigenvalue weighted by Gasteiger charge is 2.24. The lowest BCUT2D eigenvalue weighted by molar-refractivity contribution is 0.674. The summed E-state index contributed by atoms with van der Waals surface area (Å²) in [4.78, 5) is 15.6. The van der Waals surface area contributed by atoms with Crippen LogP contribution in [-0.2, 0) is 0 Å². The summed E-state index contributed by atoms with van der Waals surface area (Å²) < 4.78 is 4.86. The Kier molecular flexibility index (Phi) is 6.04. The minimum Gasteiger partial charge on any atom is -0.344 e. The van der Waals surface area contributed by atoms with E-state index in [0.29, 0.717) is 5.84 Å². The predicted molar refractivity (Wildman–Crippen MR) is 201 cm³/mol. The van der Waals surface area contributed by atoms with Crippen LogP contribution in [0.25, 0.3) is 58.6 Å². The topological polar surface area (TPSA) is 54.6 Å². The summed E-state index contributed by atoms with van der Waals surface area (Å²) in [6.07, 6.45) is -0.315. The van der Waals surface area contributed by atoms with Gasteiger partial charge in [0.25, 0.3) is 0 Å². The minimum atomic E-state index is -0.315. The van der Waals surface area contributed by atoms with E-state index in [2.05, 4.69) is 137 Å². The van der Waals surface area contributed by atoms with Crippen LogP contribution in [-0.4, -0.2) is 21.2 Å². The molecular weight excluding hydrogens is 607 g/mol. The summed E-state index contributed by atoms with van der Waals surface area (Å²) in [6, 6.07) is 53.1. The van der Waals surface area contributed by atoms with Gasteiger partial charge in [0.1, 0.15) is 23.5 Å². The molecule has 0 saturated heterocycles. The van der Waals surface area contributed by atoms with Gasteiger partial charge in [-0.05, 0) is 40.6 Å². The molecule has 1 N–H and O–H groups in total. The molecule has 1 atom stereocenters. The Hall–Kier alpha value is -6.11. The highest BCUT2D eigenvalue weighted by molar-refractivity contribution is 7.26. The van der Waals surface area contributed by atoms with Crippen LogP contribution in [0, 0.1) is 0 Å². The van der Waals surface area contributed by atoms with Gasteiger partial charge in [0.05, 0.1) is 15.7 Å². The summed E-state index contributed by atoms with van der Waals surface area (Å²) in [5.74, 6) is 2.21. The largest absolute Gasteiger partial charge is 0.344 e. The lowest BCUT2D eigenvalue weighted by atomic mass is 10.0. The van der Waals surface area contributed by atoms with Crippen molar-refractivity contribution in [2.75, 3.05) is 0 Å². The lowest BCUT2D eigenvalue weighted by Crippen LogP contribution is -2.34. The molecule has 10 rings (SSSR count). The number of hydrogen-bond acceptors (Lipinski definition) is 5. The van der Waals surface area contributed by atoms with Crippen molar-refractivity contribution in [1.29, 1.82) is 0 Å². The molecule has 0 spiro atoms. The summed E-state index contributed by atoms with van der Waals surface area (Å²) in [6.45, 7) is 0. The first-order valence-electron chi connectivity index (χ1n) is 16.1. The molecule has 5 nitrogen and oxygen atoms in total. The zero-order chi connectivity index (χ0) is 31.6. The Bertz CT molecular complexity index is 2770. The maximum atomic E-state index is 5.32. The van der Waals surface area contributed by atoms with Gasteiger partial charge in [-0.15, -0.1) is 11.3 Å². The van der Waals surface area contributed by atoms with Gasteiger partial charge in [-0.1, -0.05) is 127 Å². The van der Waals surface area contributed by atoms with Gasteiger partial charge in [0.15, 0.2) is 5.84 Å². The van der Waals surface area contributed by atoms with Crippen LogP contribution in [0.1, 0.15) is 23.0 Å². The molecule has 0 fully saturated rings. The number of amidine groups is 2. The van der Waals surface area contributed by atoms with Crippen LogP contribution in [0.2, 0.25) is 0 Å². The summed E-state index contributed by atoms with van der Waals surface area (Å²) >= 11 is 1.84. The number of thiophene rings is 1. The van der Waals surface area contributed by atoms with Gasteiger partial charge in [-0.2, -0.15) is 0 Å². The zero-order valence-corrected chi connectivity index (χ0v) is 26.5. The minimum absolute atomic E-state index is 0.315. The molecule has 9 aromatic rings. The third-order valence-corrected chi connectivity index (χ3v) is 10.5. The van der Waals surface area contributed by atoms with Gasteiger partial charge in [0.2, 0.25) is 0 Å². The molecule has 0 aliphatic carbocycles. The summed E-state index contributed by atoms with van der Waals surface area (Å²) in [7, 11) is 0. The Balaban J connectivity index is 1.20. The molecular formula is C42H27N5S. The van der Waals surface area contributed by atoms with Crippen LogP contribution in [0.15, 0.2) is 162 Å². The number of para-hydroxylation sites is 1. The van der Waals surface area contributed by atoms with Crippen molar-refractivity contribution in [2.24, 2.45) is 9.98 Å². The van der Waals surface area contributed by atoms with Crippen LogP contribution in [0.3, 0.4) is 0 Å². The normalized spacial score (nSPS) is 14.9. The van der Waals surface area contributed by atoms with E-state index < -0.39 is 0 Å². The monoisotopic (exact) mass is 633 g/mol. The molecule has 0 amide bonds. The number of aliphatic imine (C=N–C) groups is 2. The second-order valence-corrected chi connectivity index (χ2v) is 13.1. The van der Waals surface area contributed by atoms with E-state index in [1.807, 2.05) is 35.6 Å². The third-order valence-electron chi connectivity index (χ3n) is 9.27. The van der Waals surface area contributed by atoms with Gasteiger partial charge in [-0.3, -0.25) is 4.57 Å². The highest BCUT2D eigenvalue weighted by Crippen LogP contribution is 2.42. The van der Waals surface area contributed by atoms with E-state index in [0.717, 1.165) is 39.4 Å². The van der Waals surface area contributed by atoms with Gasteiger partial charge < -0.3 is 5.32 Å². The number of fused-ring (bicyclic) bond motifs is 8. The van der Waals surface area contributed by atoms with Crippen molar-refractivity contribution in [2.45, 2.75) is 6.17 Å². The molecule has 226 valence electrons. The summed E-state index contributed by atoms with van der Waals surface area (Å²) in [5, 5.41) is 10.9.